The van der Waals surface area contributed by atoms with E-state index < -0.39 is 11.7 Å². The topological polar surface area (TPSA) is 67.9 Å². The van der Waals surface area contributed by atoms with Gasteiger partial charge in [-0.3, -0.25) is 9.59 Å². The Hall–Kier alpha value is -2.64. The molecule has 1 fully saturated rings. The highest BCUT2D eigenvalue weighted by atomic mass is 35.5. The molecule has 3 rings (SSSR count). The Morgan fingerprint density at radius 2 is 2.10 bits per heavy atom. The maximum absolute atomic E-state index is 13.2. The lowest BCUT2D eigenvalue weighted by Crippen LogP contribution is -2.38. The Balaban J connectivity index is 1.61. The van der Waals surface area contributed by atoms with Crippen LogP contribution < -0.4 is 10.1 Å². The lowest BCUT2D eigenvalue weighted by molar-refractivity contribution is -0.133. The molecule has 1 atom stereocenters. The van der Waals surface area contributed by atoms with Crippen LogP contribution in [-0.2, 0) is 16.1 Å². The lowest BCUT2D eigenvalue weighted by atomic mass is 10.1. The van der Waals surface area contributed by atoms with E-state index in [0.29, 0.717) is 25.4 Å². The molecule has 0 saturated carbocycles. The Bertz CT molecular complexity index is 918. The summed E-state index contributed by atoms with van der Waals surface area (Å²) in [5, 5.41) is 2.70. The Morgan fingerprint density at radius 3 is 2.81 bits per heavy atom. The zero-order valence-corrected chi connectivity index (χ0v) is 18.2. The van der Waals surface area contributed by atoms with Crippen molar-refractivity contribution < 1.29 is 23.5 Å². The van der Waals surface area contributed by atoms with E-state index in [2.05, 4.69) is 5.32 Å². The summed E-state index contributed by atoms with van der Waals surface area (Å²) in [7, 11) is 1.60. The zero-order chi connectivity index (χ0) is 22.2. The molecule has 0 aliphatic carbocycles. The largest absolute Gasteiger partial charge is 0.496 e. The van der Waals surface area contributed by atoms with Gasteiger partial charge in [-0.15, -0.1) is 0 Å². The fourth-order valence-electron chi connectivity index (χ4n) is 3.54. The van der Waals surface area contributed by atoms with Gasteiger partial charge in [0.15, 0.2) is 0 Å². The monoisotopic (exact) mass is 448 g/mol. The number of hydrogen-bond acceptors (Lipinski definition) is 4. The van der Waals surface area contributed by atoms with Gasteiger partial charge in [0.1, 0.15) is 11.6 Å². The second-order valence-electron chi connectivity index (χ2n) is 7.35. The van der Waals surface area contributed by atoms with Crippen molar-refractivity contribution in [1.29, 1.82) is 0 Å². The van der Waals surface area contributed by atoms with Crippen LogP contribution in [0.4, 0.5) is 4.39 Å². The molecule has 1 aliphatic heterocycles. The third kappa shape index (κ3) is 6.42. The van der Waals surface area contributed by atoms with Gasteiger partial charge in [0.2, 0.25) is 5.91 Å². The fraction of sp³-hybridized carbons (Fsp3) is 0.391. The van der Waals surface area contributed by atoms with Crippen LogP contribution in [-0.4, -0.2) is 49.6 Å². The van der Waals surface area contributed by atoms with E-state index >= 15 is 0 Å². The number of amides is 2. The number of carbonyl (C=O) groups excluding carboxylic acids is 2. The van der Waals surface area contributed by atoms with Crippen LogP contribution in [0.2, 0.25) is 5.02 Å². The predicted molar refractivity (Wildman–Crippen MR) is 116 cm³/mol. The van der Waals surface area contributed by atoms with Crippen LogP contribution in [0.3, 0.4) is 0 Å². The summed E-state index contributed by atoms with van der Waals surface area (Å²) in [4.78, 5) is 27.0. The number of nitrogens with zero attached hydrogens (tertiary/aromatic N) is 1. The van der Waals surface area contributed by atoms with Crippen molar-refractivity contribution in [1.82, 2.24) is 10.2 Å². The number of hydrogen-bond donors (Lipinski definition) is 1. The molecule has 8 heteroatoms. The van der Waals surface area contributed by atoms with Gasteiger partial charge < -0.3 is 19.7 Å². The molecule has 1 N–H and O–H groups in total. The molecule has 1 aliphatic rings. The van der Waals surface area contributed by atoms with Crippen molar-refractivity contribution in [2.75, 3.05) is 26.8 Å². The smallest absolute Gasteiger partial charge is 0.252 e. The van der Waals surface area contributed by atoms with Gasteiger partial charge >= 0.3 is 0 Å². The van der Waals surface area contributed by atoms with Gasteiger partial charge in [-0.25, -0.2) is 4.39 Å². The van der Waals surface area contributed by atoms with Gasteiger partial charge in [0.05, 0.1) is 23.8 Å². The first-order valence-corrected chi connectivity index (χ1v) is 10.6. The second kappa shape index (κ2) is 11.1. The van der Waals surface area contributed by atoms with E-state index in [-0.39, 0.29) is 35.6 Å². The summed E-state index contributed by atoms with van der Waals surface area (Å²) in [5.41, 5.74) is 1.07. The molecular weight excluding hydrogens is 423 g/mol. The normalized spacial score (nSPS) is 15.5. The maximum Gasteiger partial charge on any atom is 0.252 e. The summed E-state index contributed by atoms with van der Waals surface area (Å²) in [6.07, 6.45) is 2.02. The predicted octanol–water partition coefficient (Wildman–Crippen LogP) is 3.82. The van der Waals surface area contributed by atoms with Crippen LogP contribution in [0.15, 0.2) is 42.5 Å². The highest BCUT2D eigenvalue weighted by molar-refractivity contribution is 6.33. The van der Waals surface area contributed by atoms with Crippen molar-refractivity contribution in [3.8, 4) is 5.75 Å². The van der Waals surface area contributed by atoms with Crippen LogP contribution in [0, 0.1) is 5.82 Å². The molecule has 1 heterocycles. The third-order valence-electron chi connectivity index (χ3n) is 5.15. The molecule has 0 bridgehead atoms. The summed E-state index contributed by atoms with van der Waals surface area (Å²) in [5.74, 6) is -0.357. The van der Waals surface area contributed by atoms with Crippen LogP contribution in [0.25, 0.3) is 0 Å². The molecule has 0 spiro atoms. The minimum Gasteiger partial charge on any atom is -0.496 e. The van der Waals surface area contributed by atoms with Crippen molar-refractivity contribution in [2.24, 2.45) is 0 Å². The Kier molecular flexibility index (Phi) is 8.26. The van der Waals surface area contributed by atoms with Crippen LogP contribution in [0.5, 0.6) is 5.75 Å². The summed E-state index contributed by atoms with van der Waals surface area (Å²) < 4.78 is 24.3. The Labute approximate surface area is 186 Å². The highest BCUT2D eigenvalue weighted by Crippen LogP contribution is 2.22. The van der Waals surface area contributed by atoms with E-state index in [1.807, 2.05) is 24.3 Å². The average molecular weight is 449 g/mol. The van der Waals surface area contributed by atoms with E-state index in [4.69, 9.17) is 21.1 Å². The molecule has 1 unspecified atom stereocenters. The molecule has 0 aromatic heterocycles. The maximum atomic E-state index is 13.2. The number of para-hydroxylation sites is 1. The molecule has 31 heavy (non-hydrogen) atoms. The van der Waals surface area contributed by atoms with E-state index in [1.165, 1.54) is 12.1 Å². The SMILES string of the molecule is COc1ccccc1CN(CC1CCCO1)C(=O)CCNC(=O)c1ccc(F)cc1Cl. The Morgan fingerprint density at radius 1 is 1.29 bits per heavy atom. The van der Waals surface area contributed by atoms with Crippen LogP contribution in [0.1, 0.15) is 35.2 Å². The molecule has 6 nitrogen and oxygen atoms in total. The fourth-order valence-corrected chi connectivity index (χ4v) is 3.79. The van der Waals surface area contributed by atoms with Gasteiger partial charge in [-0.1, -0.05) is 29.8 Å². The number of rotatable bonds is 9. The molecule has 2 aromatic rings. The number of carbonyl (C=O) groups is 2. The molecule has 166 valence electrons. The number of halogens is 2. The second-order valence-corrected chi connectivity index (χ2v) is 7.76. The van der Waals surface area contributed by atoms with Gasteiger partial charge in [-0.05, 0) is 37.1 Å². The first-order valence-electron chi connectivity index (χ1n) is 10.2. The number of nitrogens with one attached hydrogen (secondary N) is 1. The molecule has 2 aromatic carbocycles. The van der Waals surface area contributed by atoms with Gasteiger partial charge in [0, 0.05) is 38.2 Å². The van der Waals surface area contributed by atoms with Gasteiger partial charge in [-0.2, -0.15) is 0 Å². The number of ether oxygens (including phenoxy) is 2. The lowest BCUT2D eigenvalue weighted by Gasteiger charge is -2.26. The molecular formula is C23H26ClFN2O4. The van der Waals surface area contributed by atoms with E-state index in [9.17, 15) is 14.0 Å². The molecule has 0 radical (unpaired) electrons. The van der Waals surface area contributed by atoms with E-state index in [0.717, 1.165) is 24.5 Å². The zero-order valence-electron chi connectivity index (χ0n) is 17.4. The number of benzene rings is 2. The van der Waals surface area contributed by atoms with Crippen LogP contribution >= 0.6 is 11.6 Å². The minimum atomic E-state index is -0.516. The summed E-state index contributed by atoms with van der Waals surface area (Å²) in [6.45, 7) is 1.71. The molecule has 1 saturated heterocycles. The van der Waals surface area contributed by atoms with Crippen molar-refractivity contribution in [3.63, 3.8) is 0 Å². The van der Waals surface area contributed by atoms with E-state index in [1.54, 1.807) is 12.0 Å². The average Bonchev–Trinajstić information content (AvgIpc) is 3.26. The van der Waals surface area contributed by atoms with Gasteiger partial charge in [0.25, 0.3) is 5.91 Å². The van der Waals surface area contributed by atoms with Crippen molar-refractivity contribution >= 4 is 23.4 Å². The standard InChI is InChI=1S/C23H26ClFN2O4/c1-30-21-7-3-2-5-16(21)14-27(15-18-6-4-12-31-18)22(28)10-11-26-23(29)19-9-8-17(25)13-20(19)24/h2-3,5,7-9,13,18H,4,6,10-12,14-15H2,1H3,(H,26,29). The third-order valence-corrected chi connectivity index (χ3v) is 5.47. The first kappa shape index (κ1) is 23.0. The van der Waals surface area contributed by atoms with Crippen molar-refractivity contribution in [2.45, 2.75) is 31.9 Å². The highest BCUT2D eigenvalue weighted by Gasteiger charge is 2.23. The minimum absolute atomic E-state index is 0.00581. The molecule has 2 amide bonds. The quantitative estimate of drug-likeness (QED) is 0.633. The van der Waals surface area contributed by atoms with Crippen molar-refractivity contribution in [3.05, 3.63) is 64.4 Å². The summed E-state index contributed by atoms with van der Waals surface area (Å²) >= 11 is 5.93. The summed E-state index contributed by atoms with van der Waals surface area (Å²) in [6, 6.07) is 11.1. The number of methoxy groups -OCH3 is 1. The first-order chi connectivity index (χ1) is 15.0.